The summed E-state index contributed by atoms with van der Waals surface area (Å²) < 4.78 is 10.5. The van der Waals surface area contributed by atoms with E-state index >= 15 is 0 Å². The fourth-order valence-electron chi connectivity index (χ4n) is 2.51. The summed E-state index contributed by atoms with van der Waals surface area (Å²) in [7, 11) is 3.31. The quantitative estimate of drug-likeness (QED) is 0.642. The molecule has 134 valence electrons. The van der Waals surface area contributed by atoms with Crippen LogP contribution in [0.2, 0.25) is 0 Å². The largest absolute Gasteiger partial charge is 0.497 e. The molecule has 2 aromatic carbocycles. The first-order valence-corrected chi connectivity index (χ1v) is 8.38. The molecule has 0 bridgehead atoms. The van der Waals surface area contributed by atoms with Crippen molar-refractivity contribution in [2.75, 3.05) is 31.4 Å². The fourth-order valence-corrected chi connectivity index (χ4v) is 2.51. The van der Waals surface area contributed by atoms with E-state index in [-0.39, 0.29) is 0 Å². The number of benzene rings is 2. The highest BCUT2D eigenvalue weighted by Gasteiger charge is 2.05. The van der Waals surface area contributed by atoms with Gasteiger partial charge in [-0.25, -0.2) is 4.98 Å². The molecule has 0 fully saturated rings. The molecule has 6 heteroatoms. The number of rotatable bonds is 8. The molecule has 0 amide bonds. The summed E-state index contributed by atoms with van der Waals surface area (Å²) in [4.78, 5) is 8.76. The van der Waals surface area contributed by atoms with Gasteiger partial charge >= 0.3 is 0 Å². The number of ether oxygens (including phenoxy) is 2. The highest BCUT2D eigenvalue weighted by molar-refractivity contribution is 5.62. The van der Waals surface area contributed by atoms with E-state index in [9.17, 15) is 0 Å². The number of aromatic nitrogens is 2. The molecule has 0 aliphatic carbocycles. The lowest BCUT2D eigenvalue weighted by Crippen LogP contribution is -2.08. The Bertz CT molecular complexity index is 837. The van der Waals surface area contributed by atoms with Crippen LogP contribution in [0.4, 0.5) is 17.5 Å². The Morgan fingerprint density at radius 3 is 2.50 bits per heavy atom. The van der Waals surface area contributed by atoms with Crippen LogP contribution >= 0.6 is 0 Å². The van der Waals surface area contributed by atoms with Gasteiger partial charge in [0.2, 0.25) is 5.95 Å². The SMILES string of the molecule is COc1ccc(CCNc2ccnc(Nc3ccccc3OC)n2)cc1. The van der Waals surface area contributed by atoms with Crippen molar-refractivity contribution in [3.63, 3.8) is 0 Å². The molecule has 26 heavy (non-hydrogen) atoms. The van der Waals surface area contributed by atoms with Gasteiger partial charge in [0.05, 0.1) is 19.9 Å². The maximum absolute atomic E-state index is 5.34. The van der Waals surface area contributed by atoms with Crippen molar-refractivity contribution in [1.29, 1.82) is 0 Å². The Morgan fingerprint density at radius 2 is 1.73 bits per heavy atom. The maximum Gasteiger partial charge on any atom is 0.229 e. The third-order valence-corrected chi connectivity index (χ3v) is 3.89. The Balaban J connectivity index is 1.58. The molecule has 0 aliphatic rings. The van der Waals surface area contributed by atoms with Crippen LogP contribution < -0.4 is 20.1 Å². The maximum atomic E-state index is 5.34. The molecule has 2 N–H and O–H groups in total. The number of methoxy groups -OCH3 is 2. The minimum absolute atomic E-state index is 0.518. The predicted octanol–water partition coefficient (Wildman–Crippen LogP) is 3.89. The van der Waals surface area contributed by atoms with Crippen LogP contribution in [0.1, 0.15) is 5.56 Å². The van der Waals surface area contributed by atoms with Crippen LogP contribution in [-0.2, 0) is 6.42 Å². The Kier molecular flexibility index (Phi) is 5.88. The Morgan fingerprint density at radius 1 is 0.923 bits per heavy atom. The summed E-state index contributed by atoms with van der Waals surface area (Å²) in [5, 5.41) is 6.51. The van der Waals surface area contributed by atoms with Crippen LogP contribution in [-0.4, -0.2) is 30.7 Å². The Labute approximate surface area is 153 Å². The third-order valence-electron chi connectivity index (χ3n) is 3.89. The summed E-state index contributed by atoms with van der Waals surface area (Å²) in [6.07, 6.45) is 2.61. The van der Waals surface area contributed by atoms with E-state index in [0.29, 0.717) is 5.95 Å². The molecule has 0 radical (unpaired) electrons. The molecule has 0 saturated carbocycles. The molecule has 0 unspecified atom stereocenters. The van der Waals surface area contributed by atoms with Crippen LogP contribution in [0.3, 0.4) is 0 Å². The first kappa shape index (κ1) is 17.5. The van der Waals surface area contributed by atoms with Crippen molar-refractivity contribution < 1.29 is 9.47 Å². The average Bonchev–Trinajstić information content (AvgIpc) is 2.69. The van der Waals surface area contributed by atoms with Crippen LogP contribution in [0.25, 0.3) is 0 Å². The van der Waals surface area contributed by atoms with Gasteiger partial charge in [-0.3, -0.25) is 0 Å². The van der Waals surface area contributed by atoms with E-state index in [4.69, 9.17) is 9.47 Å². The third kappa shape index (κ3) is 4.63. The smallest absolute Gasteiger partial charge is 0.229 e. The number of nitrogens with one attached hydrogen (secondary N) is 2. The van der Waals surface area contributed by atoms with Gasteiger partial charge in [-0.05, 0) is 42.3 Å². The fraction of sp³-hybridized carbons (Fsp3) is 0.200. The van der Waals surface area contributed by atoms with E-state index in [1.807, 2.05) is 42.5 Å². The number of nitrogens with zero attached hydrogens (tertiary/aromatic N) is 2. The number of hydrogen-bond donors (Lipinski definition) is 2. The lowest BCUT2D eigenvalue weighted by Gasteiger charge is -2.11. The van der Waals surface area contributed by atoms with E-state index in [1.54, 1.807) is 20.4 Å². The molecule has 1 aromatic heterocycles. The summed E-state index contributed by atoms with van der Waals surface area (Å²) in [6, 6.07) is 17.6. The normalized spacial score (nSPS) is 10.2. The second-order valence-corrected chi connectivity index (χ2v) is 5.62. The zero-order chi connectivity index (χ0) is 18.2. The first-order chi connectivity index (χ1) is 12.8. The van der Waals surface area contributed by atoms with E-state index in [2.05, 4.69) is 32.7 Å². The zero-order valence-corrected chi connectivity index (χ0v) is 14.9. The zero-order valence-electron chi connectivity index (χ0n) is 14.9. The van der Waals surface area contributed by atoms with E-state index in [1.165, 1.54) is 5.56 Å². The minimum atomic E-state index is 0.518. The van der Waals surface area contributed by atoms with Crippen molar-refractivity contribution in [3.05, 3.63) is 66.4 Å². The number of anilines is 3. The summed E-state index contributed by atoms with van der Waals surface area (Å²) in [5.74, 6) is 2.90. The molecule has 0 spiro atoms. The van der Waals surface area contributed by atoms with Crippen molar-refractivity contribution in [2.45, 2.75) is 6.42 Å². The highest BCUT2D eigenvalue weighted by atomic mass is 16.5. The second kappa shape index (κ2) is 8.71. The molecular formula is C20H22N4O2. The first-order valence-electron chi connectivity index (χ1n) is 8.38. The lowest BCUT2D eigenvalue weighted by molar-refractivity contribution is 0.414. The van der Waals surface area contributed by atoms with Gasteiger partial charge in [0, 0.05) is 12.7 Å². The van der Waals surface area contributed by atoms with Gasteiger partial charge in [-0.2, -0.15) is 4.98 Å². The molecule has 1 heterocycles. The predicted molar refractivity (Wildman–Crippen MR) is 103 cm³/mol. The second-order valence-electron chi connectivity index (χ2n) is 5.62. The minimum Gasteiger partial charge on any atom is -0.497 e. The van der Waals surface area contributed by atoms with Crippen molar-refractivity contribution in [1.82, 2.24) is 9.97 Å². The molecule has 3 rings (SSSR count). The van der Waals surface area contributed by atoms with Gasteiger partial charge in [0.1, 0.15) is 17.3 Å². The molecule has 0 aliphatic heterocycles. The van der Waals surface area contributed by atoms with Gasteiger partial charge in [-0.1, -0.05) is 24.3 Å². The highest BCUT2D eigenvalue weighted by Crippen LogP contribution is 2.25. The lowest BCUT2D eigenvalue weighted by atomic mass is 10.1. The standard InChI is InChI=1S/C20H22N4O2/c1-25-16-9-7-15(8-10-16)11-13-21-19-12-14-22-20(24-19)23-17-5-3-4-6-18(17)26-2/h3-10,12,14H,11,13H2,1-2H3,(H2,21,22,23,24). The van der Waals surface area contributed by atoms with Crippen LogP contribution in [0.15, 0.2) is 60.8 Å². The molecular weight excluding hydrogens is 328 g/mol. The van der Waals surface area contributed by atoms with Crippen molar-refractivity contribution >= 4 is 17.5 Å². The van der Waals surface area contributed by atoms with Crippen LogP contribution in [0, 0.1) is 0 Å². The molecule has 6 nitrogen and oxygen atoms in total. The monoisotopic (exact) mass is 350 g/mol. The average molecular weight is 350 g/mol. The molecule has 3 aromatic rings. The number of para-hydroxylation sites is 2. The van der Waals surface area contributed by atoms with Gasteiger partial charge in [0.15, 0.2) is 0 Å². The number of hydrogen-bond acceptors (Lipinski definition) is 6. The van der Waals surface area contributed by atoms with Gasteiger partial charge < -0.3 is 20.1 Å². The summed E-state index contributed by atoms with van der Waals surface area (Å²) in [5.41, 5.74) is 2.06. The van der Waals surface area contributed by atoms with Crippen molar-refractivity contribution in [2.24, 2.45) is 0 Å². The van der Waals surface area contributed by atoms with E-state index < -0.39 is 0 Å². The molecule has 0 atom stereocenters. The van der Waals surface area contributed by atoms with Gasteiger partial charge in [0.25, 0.3) is 0 Å². The topological polar surface area (TPSA) is 68.3 Å². The van der Waals surface area contributed by atoms with Crippen LogP contribution in [0.5, 0.6) is 11.5 Å². The summed E-state index contributed by atoms with van der Waals surface area (Å²) >= 11 is 0. The van der Waals surface area contributed by atoms with Gasteiger partial charge in [-0.15, -0.1) is 0 Å². The Hall–Kier alpha value is -3.28. The van der Waals surface area contributed by atoms with E-state index in [0.717, 1.165) is 36.0 Å². The molecule has 0 saturated heterocycles. The summed E-state index contributed by atoms with van der Waals surface area (Å²) in [6.45, 7) is 0.775. The van der Waals surface area contributed by atoms with Crippen molar-refractivity contribution in [3.8, 4) is 11.5 Å².